The first-order valence-electron chi connectivity index (χ1n) is 9.42. The lowest BCUT2D eigenvalue weighted by molar-refractivity contribution is 0.0924. The second-order valence-corrected chi connectivity index (χ2v) is 7.19. The van der Waals surface area contributed by atoms with Crippen molar-refractivity contribution in [3.63, 3.8) is 0 Å². The van der Waals surface area contributed by atoms with Crippen LogP contribution in [0.15, 0.2) is 48.7 Å². The van der Waals surface area contributed by atoms with Crippen molar-refractivity contribution in [3.05, 3.63) is 82.0 Å². The van der Waals surface area contributed by atoms with Gasteiger partial charge in [-0.15, -0.1) is 0 Å². The maximum absolute atomic E-state index is 14.0. The van der Waals surface area contributed by atoms with Crippen LogP contribution in [0, 0.1) is 17.0 Å². The van der Waals surface area contributed by atoms with Gasteiger partial charge < -0.3 is 20.8 Å². The van der Waals surface area contributed by atoms with E-state index in [1.807, 2.05) is 24.3 Å². The molecule has 3 aromatic rings. The monoisotopic (exact) mass is 442 g/mol. The van der Waals surface area contributed by atoms with Crippen molar-refractivity contribution in [2.24, 2.45) is 0 Å². The van der Waals surface area contributed by atoms with Gasteiger partial charge in [0, 0.05) is 24.4 Å². The SMILES string of the molecule is N=Cc1c(Nc2c(F)cccc2F)ncc(C(=O)N[C@H]2CCOc3ccccc32)c1Cl. The number of hydrogen-bond acceptors (Lipinski definition) is 5. The summed E-state index contributed by atoms with van der Waals surface area (Å²) in [7, 11) is 0. The van der Waals surface area contributed by atoms with Gasteiger partial charge in [-0.05, 0) is 18.2 Å². The first-order valence-corrected chi connectivity index (χ1v) is 9.80. The van der Waals surface area contributed by atoms with E-state index in [4.69, 9.17) is 21.7 Å². The minimum absolute atomic E-state index is 0.0318. The van der Waals surface area contributed by atoms with E-state index in [1.165, 1.54) is 12.3 Å². The fourth-order valence-corrected chi connectivity index (χ4v) is 3.64. The largest absolute Gasteiger partial charge is 0.493 e. The van der Waals surface area contributed by atoms with Crippen molar-refractivity contribution in [1.82, 2.24) is 10.3 Å². The molecule has 1 atom stereocenters. The zero-order chi connectivity index (χ0) is 22.0. The summed E-state index contributed by atoms with van der Waals surface area (Å²) in [6.45, 7) is 0.455. The second-order valence-electron chi connectivity index (χ2n) is 6.82. The number of benzene rings is 2. The highest BCUT2D eigenvalue weighted by atomic mass is 35.5. The third-order valence-electron chi connectivity index (χ3n) is 4.91. The van der Waals surface area contributed by atoms with Crippen LogP contribution in [0.2, 0.25) is 5.02 Å². The fraction of sp³-hybridized carbons (Fsp3) is 0.136. The zero-order valence-corrected chi connectivity index (χ0v) is 16.8. The Labute approximate surface area is 181 Å². The average Bonchev–Trinajstić information content (AvgIpc) is 2.76. The number of nitrogens with one attached hydrogen (secondary N) is 3. The summed E-state index contributed by atoms with van der Waals surface area (Å²) in [4.78, 5) is 17.0. The Morgan fingerprint density at radius 1 is 1.19 bits per heavy atom. The third kappa shape index (κ3) is 4.06. The molecule has 1 aliphatic heterocycles. The van der Waals surface area contributed by atoms with E-state index in [1.54, 1.807) is 0 Å². The topological polar surface area (TPSA) is 87.1 Å². The Hall–Kier alpha value is -3.52. The standard InChI is InChI=1S/C22H17ClF2N4O2/c23-19-13(10-26)21(29-20-15(24)5-3-6-16(20)25)27-11-14(19)22(30)28-17-8-9-31-18-7-2-1-4-12(17)18/h1-7,10-11,17,26H,8-9H2,(H,27,29)(H,28,30)/t17-/m0/s1. The first kappa shape index (κ1) is 20.7. The molecule has 0 saturated heterocycles. The average molecular weight is 443 g/mol. The molecule has 1 aliphatic rings. The summed E-state index contributed by atoms with van der Waals surface area (Å²) >= 11 is 6.37. The van der Waals surface area contributed by atoms with E-state index in [0.717, 1.165) is 23.9 Å². The van der Waals surface area contributed by atoms with Crippen molar-refractivity contribution in [2.75, 3.05) is 11.9 Å². The highest BCUT2D eigenvalue weighted by Gasteiger charge is 2.25. The van der Waals surface area contributed by atoms with E-state index in [2.05, 4.69) is 15.6 Å². The molecule has 2 aromatic carbocycles. The number of hydrogen-bond donors (Lipinski definition) is 3. The number of amides is 1. The van der Waals surface area contributed by atoms with Gasteiger partial charge in [0.25, 0.3) is 5.91 Å². The summed E-state index contributed by atoms with van der Waals surface area (Å²) in [6.07, 6.45) is 2.66. The predicted octanol–water partition coefficient (Wildman–Crippen LogP) is 5.01. The lowest BCUT2D eigenvalue weighted by Crippen LogP contribution is -2.32. The molecule has 0 unspecified atom stereocenters. The number of ether oxygens (including phenoxy) is 1. The quantitative estimate of drug-likeness (QED) is 0.485. The van der Waals surface area contributed by atoms with Gasteiger partial charge in [-0.3, -0.25) is 4.79 Å². The van der Waals surface area contributed by atoms with Gasteiger partial charge in [-0.1, -0.05) is 35.9 Å². The lowest BCUT2D eigenvalue weighted by Gasteiger charge is -2.26. The number of carbonyl (C=O) groups excluding carboxylic acids is 1. The number of para-hydroxylation sites is 2. The molecule has 9 heteroatoms. The van der Waals surface area contributed by atoms with Gasteiger partial charge in [0.05, 0.1) is 28.8 Å². The number of pyridine rings is 1. The molecule has 0 spiro atoms. The summed E-state index contributed by atoms with van der Waals surface area (Å²) in [5.41, 5.74) is 0.505. The van der Waals surface area contributed by atoms with Gasteiger partial charge >= 0.3 is 0 Å². The van der Waals surface area contributed by atoms with Crippen LogP contribution in [0.3, 0.4) is 0 Å². The van der Waals surface area contributed by atoms with Crippen LogP contribution in [0.4, 0.5) is 20.3 Å². The normalized spacial score (nSPS) is 14.9. The van der Waals surface area contributed by atoms with Crippen molar-refractivity contribution >= 4 is 35.2 Å². The number of fused-ring (bicyclic) bond motifs is 1. The van der Waals surface area contributed by atoms with Crippen LogP contribution in [-0.4, -0.2) is 23.7 Å². The second kappa shape index (κ2) is 8.69. The molecular weight excluding hydrogens is 426 g/mol. The third-order valence-corrected chi connectivity index (χ3v) is 5.32. The Morgan fingerprint density at radius 2 is 1.94 bits per heavy atom. The van der Waals surface area contributed by atoms with Gasteiger partial charge in [0.1, 0.15) is 28.9 Å². The fourth-order valence-electron chi connectivity index (χ4n) is 3.36. The smallest absolute Gasteiger partial charge is 0.254 e. The molecule has 0 aliphatic carbocycles. The Kier molecular flexibility index (Phi) is 5.81. The van der Waals surface area contributed by atoms with E-state index < -0.39 is 23.2 Å². The number of aromatic nitrogens is 1. The lowest BCUT2D eigenvalue weighted by atomic mass is 10.00. The number of carbonyl (C=O) groups is 1. The van der Waals surface area contributed by atoms with Gasteiger partial charge in [0.2, 0.25) is 0 Å². The summed E-state index contributed by atoms with van der Waals surface area (Å²) in [6, 6.07) is 10.5. The molecule has 6 nitrogen and oxygen atoms in total. The number of rotatable bonds is 5. The molecule has 3 N–H and O–H groups in total. The van der Waals surface area contributed by atoms with Gasteiger partial charge in [-0.25, -0.2) is 13.8 Å². The van der Waals surface area contributed by atoms with E-state index >= 15 is 0 Å². The highest BCUT2D eigenvalue weighted by Crippen LogP contribution is 2.33. The summed E-state index contributed by atoms with van der Waals surface area (Å²) in [5.74, 6) is -1.47. The molecule has 31 heavy (non-hydrogen) atoms. The first-order chi connectivity index (χ1) is 15.0. The Balaban J connectivity index is 1.62. The molecular formula is C22H17ClF2N4O2. The van der Waals surface area contributed by atoms with Crippen LogP contribution < -0.4 is 15.4 Å². The molecule has 4 rings (SSSR count). The molecule has 0 fully saturated rings. The molecule has 0 saturated carbocycles. The maximum atomic E-state index is 14.0. The van der Waals surface area contributed by atoms with Crippen LogP contribution in [0.5, 0.6) is 5.75 Å². The van der Waals surface area contributed by atoms with E-state index in [9.17, 15) is 13.6 Å². The molecule has 1 aromatic heterocycles. The molecule has 0 bridgehead atoms. The van der Waals surface area contributed by atoms with Crippen molar-refractivity contribution in [1.29, 1.82) is 5.41 Å². The van der Waals surface area contributed by atoms with E-state index in [0.29, 0.717) is 18.8 Å². The number of anilines is 2. The van der Waals surface area contributed by atoms with Crippen LogP contribution in [0.1, 0.15) is 33.9 Å². The Morgan fingerprint density at radius 3 is 2.68 bits per heavy atom. The maximum Gasteiger partial charge on any atom is 0.254 e. The summed E-state index contributed by atoms with van der Waals surface area (Å²) < 4.78 is 33.5. The minimum atomic E-state index is -0.825. The van der Waals surface area contributed by atoms with Crippen molar-refractivity contribution in [2.45, 2.75) is 12.5 Å². The number of nitrogens with zero attached hydrogens (tertiary/aromatic N) is 1. The van der Waals surface area contributed by atoms with Gasteiger partial charge in [-0.2, -0.15) is 0 Å². The van der Waals surface area contributed by atoms with Crippen molar-refractivity contribution in [3.8, 4) is 5.75 Å². The molecule has 0 radical (unpaired) electrons. The van der Waals surface area contributed by atoms with Crippen LogP contribution in [-0.2, 0) is 0 Å². The highest BCUT2D eigenvalue weighted by molar-refractivity contribution is 6.36. The molecule has 158 valence electrons. The zero-order valence-electron chi connectivity index (χ0n) is 16.1. The number of halogens is 3. The van der Waals surface area contributed by atoms with Crippen LogP contribution in [0.25, 0.3) is 0 Å². The minimum Gasteiger partial charge on any atom is -0.493 e. The molecule has 1 amide bonds. The Bertz CT molecular complexity index is 1150. The summed E-state index contributed by atoms with van der Waals surface area (Å²) in [5, 5.41) is 13.0. The van der Waals surface area contributed by atoms with E-state index in [-0.39, 0.29) is 28.0 Å². The van der Waals surface area contributed by atoms with Gasteiger partial charge in [0.15, 0.2) is 0 Å². The van der Waals surface area contributed by atoms with Crippen molar-refractivity contribution < 1.29 is 18.3 Å². The molecule has 2 heterocycles. The predicted molar refractivity (Wildman–Crippen MR) is 114 cm³/mol. The van der Waals surface area contributed by atoms with Crippen LogP contribution >= 0.6 is 11.6 Å².